The van der Waals surface area contributed by atoms with Crippen LogP contribution in [0.15, 0.2) is 12.3 Å². The number of ether oxygens (including phenoxy) is 1. The van der Waals surface area contributed by atoms with Gasteiger partial charge in [-0.2, -0.15) is 13.2 Å². The van der Waals surface area contributed by atoms with Crippen LogP contribution in [-0.2, 0) is 14.3 Å². The van der Waals surface area contributed by atoms with Crippen molar-refractivity contribution in [3.63, 3.8) is 0 Å². The van der Waals surface area contributed by atoms with Crippen LogP contribution in [0.5, 0.6) is 0 Å². The highest BCUT2D eigenvalue weighted by Gasteiger charge is 2.58. The Kier molecular flexibility index (Phi) is 5.12. The van der Waals surface area contributed by atoms with E-state index in [4.69, 9.17) is 4.74 Å². The molecule has 7 nitrogen and oxygen atoms in total. The van der Waals surface area contributed by atoms with Crippen molar-refractivity contribution >= 4 is 17.9 Å². The third kappa shape index (κ3) is 3.63. The molecule has 1 spiro atoms. The molecule has 0 aromatic carbocycles. The number of imide groups is 1. The normalized spacial score (nSPS) is 27.4. The van der Waals surface area contributed by atoms with E-state index in [1.165, 1.54) is 6.92 Å². The molecule has 0 radical (unpaired) electrons. The minimum absolute atomic E-state index is 0.0275. The molecule has 2 aliphatic rings. The van der Waals surface area contributed by atoms with Crippen molar-refractivity contribution in [3.05, 3.63) is 12.3 Å². The van der Waals surface area contributed by atoms with Crippen molar-refractivity contribution in [2.24, 2.45) is 0 Å². The number of hydrogen-bond acceptors (Lipinski definition) is 5. The minimum atomic E-state index is -5.14. The molecule has 3 amide bonds. The summed E-state index contributed by atoms with van der Waals surface area (Å²) in [7, 11) is 0. The lowest BCUT2D eigenvalue weighted by molar-refractivity contribution is -0.199. The highest BCUT2D eigenvalue weighted by molar-refractivity contribution is 6.01. The number of aliphatic hydroxyl groups excluding tert-OH is 1. The number of amides is 3. The molecule has 1 aliphatic carbocycles. The zero-order chi connectivity index (χ0) is 19.0. The summed E-state index contributed by atoms with van der Waals surface area (Å²) in [6.07, 6.45) is -7.16. The smallest absolute Gasteiger partial charge is 0.415 e. The summed E-state index contributed by atoms with van der Waals surface area (Å²) in [5, 5.41) is 9.63. The van der Waals surface area contributed by atoms with Gasteiger partial charge in [0.1, 0.15) is 5.54 Å². The molecule has 0 unspecified atom stereocenters. The number of allylic oxidation sites excluding steroid dienone is 1. The first-order chi connectivity index (χ1) is 11.5. The maximum Gasteiger partial charge on any atom is 0.471 e. The van der Waals surface area contributed by atoms with Gasteiger partial charge in [0, 0.05) is 13.1 Å². The van der Waals surface area contributed by atoms with Crippen LogP contribution in [0.1, 0.15) is 32.6 Å². The molecule has 1 saturated heterocycles. The second-order valence-electron chi connectivity index (χ2n) is 6.24. The van der Waals surface area contributed by atoms with Crippen molar-refractivity contribution in [1.29, 1.82) is 0 Å². The molecular weight excluding hydrogens is 345 g/mol. The third-order valence-electron chi connectivity index (χ3n) is 4.46. The Bertz CT molecular complexity index is 596. The van der Waals surface area contributed by atoms with Gasteiger partial charge < -0.3 is 14.7 Å². The van der Waals surface area contributed by atoms with Gasteiger partial charge in [-0.05, 0) is 32.6 Å². The number of carbonyl (C=O) groups excluding carboxylic acids is 3. The molecule has 140 valence electrons. The van der Waals surface area contributed by atoms with Gasteiger partial charge in [-0.15, -0.1) is 0 Å². The maximum absolute atomic E-state index is 12.9. The highest BCUT2D eigenvalue weighted by Crippen LogP contribution is 2.40. The van der Waals surface area contributed by atoms with E-state index in [2.05, 4.69) is 6.58 Å². The Balaban J connectivity index is 2.36. The Labute approximate surface area is 142 Å². The molecule has 0 bridgehead atoms. The molecule has 25 heavy (non-hydrogen) atoms. The zero-order valence-corrected chi connectivity index (χ0v) is 13.6. The molecule has 0 atom stereocenters. The summed E-state index contributed by atoms with van der Waals surface area (Å²) in [6, 6.07) is 0. The molecular formula is C15H19F3N2O5. The largest absolute Gasteiger partial charge is 0.471 e. The summed E-state index contributed by atoms with van der Waals surface area (Å²) in [5.74, 6) is -3.01. The van der Waals surface area contributed by atoms with E-state index in [1.807, 2.05) is 0 Å². The van der Waals surface area contributed by atoms with Gasteiger partial charge in [-0.3, -0.25) is 9.59 Å². The molecule has 1 saturated carbocycles. The predicted octanol–water partition coefficient (Wildman–Crippen LogP) is 1.56. The third-order valence-corrected chi connectivity index (χ3v) is 4.46. The standard InChI is InChI=1S/C15H19F3N2O5/c1-9(2)25-13(24)19-7-8-20(12(23)15(16,17)18)14(11(19)22)5-3-10(21)4-6-14/h10,21H,1,3-8H2,2H3. The van der Waals surface area contributed by atoms with Gasteiger partial charge in [0.05, 0.1) is 11.9 Å². The second-order valence-corrected chi connectivity index (χ2v) is 6.24. The number of rotatable bonds is 1. The van der Waals surface area contributed by atoms with Crippen LogP contribution < -0.4 is 0 Å². The van der Waals surface area contributed by atoms with Crippen molar-refractivity contribution in [3.8, 4) is 0 Å². The van der Waals surface area contributed by atoms with E-state index >= 15 is 0 Å². The van der Waals surface area contributed by atoms with E-state index in [-0.39, 0.29) is 31.4 Å². The van der Waals surface area contributed by atoms with E-state index in [9.17, 15) is 32.7 Å². The fourth-order valence-corrected chi connectivity index (χ4v) is 3.27. The Morgan fingerprint density at radius 2 is 1.84 bits per heavy atom. The molecule has 0 aromatic rings. The molecule has 2 fully saturated rings. The highest BCUT2D eigenvalue weighted by atomic mass is 19.4. The average Bonchev–Trinajstić information content (AvgIpc) is 2.50. The predicted molar refractivity (Wildman–Crippen MR) is 78.0 cm³/mol. The quantitative estimate of drug-likeness (QED) is 0.714. The minimum Gasteiger partial charge on any atom is -0.415 e. The molecule has 10 heteroatoms. The lowest BCUT2D eigenvalue weighted by atomic mass is 9.76. The first-order valence-electron chi connectivity index (χ1n) is 7.75. The fraction of sp³-hybridized carbons (Fsp3) is 0.667. The van der Waals surface area contributed by atoms with Gasteiger partial charge >= 0.3 is 18.2 Å². The van der Waals surface area contributed by atoms with E-state index in [0.717, 1.165) is 0 Å². The molecule has 1 N–H and O–H groups in total. The summed E-state index contributed by atoms with van der Waals surface area (Å²) in [5.41, 5.74) is -1.81. The molecule has 1 aliphatic heterocycles. The zero-order valence-electron chi connectivity index (χ0n) is 13.6. The number of aliphatic hydroxyl groups is 1. The van der Waals surface area contributed by atoms with Gasteiger partial charge in [0.25, 0.3) is 5.91 Å². The van der Waals surface area contributed by atoms with Crippen LogP contribution in [0, 0.1) is 0 Å². The number of carbonyl (C=O) groups is 3. The first kappa shape index (κ1) is 19.2. The van der Waals surface area contributed by atoms with Crippen LogP contribution in [0.2, 0.25) is 0 Å². The Morgan fingerprint density at radius 1 is 1.28 bits per heavy atom. The topological polar surface area (TPSA) is 87.2 Å². The van der Waals surface area contributed by atoms with Gasteiger partial charge in [-0.1, -0.05) is 6.58 Å². The molecule has 2 rings (SSSR count). The maximum atomic E-state index is 12.9. The van der Waals surface area contributed by atoms with Crippen molar-refractivity contribution in [1.82, 2.24) is 9.80 Å². The van der Waals surface area contributed by atoms with Crippen molar-refractivity contribution in [2.45, 2.75) is 50.4 Å². The van der Waals surface area contributed by atoms with Gasteiger partial charge in [-0.25, -0.2) is 9.69 Å². The molecule has 0 aromatic heterocycles. The monoisotopic (exact) mass is 364 g/mol. The van der Waals surface area contributed by atoms with Gasteiger partial charge in [0.2, 0.25) is 0 Å². The summed E-state index contributed by atoms with van der Waals surface area (Å²) in [4.78, 5) is 37.9. The van der Waals surface area contributed by atoms with E-state index in [0.29, 0.717) is 9.80 Å². The Morgan fingerprint density at radius 3 is 2.32 bits per heavy atom. The average molecular weight is 364 g/mol. The van der Waals surface area contributed by atoms with Crippen molar-refractivity contribution < 1.29 is 37.4 Å². The van der Waals surface area contributed by atoms with E-state index < -0.39 is 48.8 Å². The summed E-state index contributed by atoms with van der Waals surface area (Å²) in [6.45, 7) is 3.91. The SMILES string of the molecule is C=C(C)OC(=O)N1CCN(C(=O)C(F)(F)F)C2(CCC(O)CC2)C1=O. The van der Waals surface area contributed by atoms with Crippen molar-refractivity contribution in [2.75, 3.05) is 13.1 Å². The number of piperazine rings is 1. The van der Waals surface area contributed by atoms with Crippen LogP contribution >= 0.6 is 0 Å². The number of halogens is 3. The number of nitrogens with zero attached hydrogens (tertiary/aromatic N) is 2. The summed E-state index contributed by atoms with van der Waals surface area (Å²) < 4.78 is 43.6. The first-order valence-corrected chi connectivity index (χ1v) is 7.75. The molecule has 1 heterocycles. The lowest BCUT2D eigenvalue weighted by Crippen LogP contribution is -2.70. The second kappa shape index (κ2) is 6.66. The van der Waals surface area contributed by atoms with E-state index in [1.54, 1.807) is 0 Å². The number of hydrogen-bond donors (Lipinski definition) is 1. The van der Waals surface area contributed by atoms with Crippen LogP contribution in [0.3, 0.4) is 0 Å². The summed E-state index contributed by atoms with van der Waals surface area (Å²) >= 11 is 0. The van der Waals surface area contributed by atoms with Crippen LogP contribution in [-0.4, -0.2) is 63.7 Å². The number of alkyl halides is 3. The van der Waals surface area contributed by atoms with Crippen LogP contribution in [0.4, 0.5) is 18.0 Å². The van der Waals surface area contributed by atoms with Crippen LogP contribution in [0.25, 0.3) is 0 Å². The van der Waals surface area contributed by atoms with Gasteiger partial charge in [0.15, 0.2) is 0 Å². The lowest BCUT2D eigenvalue weighted by Gasteiger charge is -2.50. The Hall–Kier alpha value is -2.10. The fourth-order valence-electron chi connectivity index (χ4n) is 3.27.